The van der Waals surface area contributed by atoms with Gasteiger partial charge in [-0.25, -0.2) is 4.98 Å². The van der Waals surface area contributed by atoms with Crippen molar-refractivity contribution in [3.05, 3.63) is 53.0 Å². The van der Waals surface area contributed by atoms with E-state index in [0.29, 0.717) is 12.2 Å². The topological polar surface area (TPSA) is 54.9 Å². The first kappa shape index (κ1) is 10.7. The van der Waals surface area contributed by atoms with Gasteiger partial charge in [-0.1, -0.05) is 12.1 Å². The van der Waals surface area contributed by atoms with Crippen molar-refractivity contribution in [2.24, 2.45) is 0 Å². The second-order valence-corrected chi connectivity index (χ2v) is 5.41. The molecule has 2 aromatic heterocycles. The van der Waals surface area contributed by atoms with Crippen molar-refractivity contribution >= 4 is 11.7 Å². The first-order valence-corrected chi connectivity index (χ1v) is 6.40. The molecule has 0 unspecified atom stereocenters. The molecule has 4 rings (SSSR count). The normalized spacial score (nSPS) is 23.3. The molecule has 0 saturated heterocycles. The summed E-state index contributed by atoms with van der Waals surface area (Å²) in [5, 5.41) is 2.90. The predicted octanol–water partition coefficient (Wildman–Crippen LogP) is 1.77. The minimum Gasteiger partial charge on any atom is -0.310 e. The Labute approximate surface area is 110 Å². The van der Waals surface area contributed by atoms with Gasteiger partial charge in [-0.2, -0.15) is 0 Å². The molecule has 19 heavy (non-hydrogen) atoms. The Bertz CT molecular complexity index is 710. The molecule has 0 fully saturated rings. The zero-order valence-electron chi connectivity index (χ0n) is 10.6. The summed E-state index contributed by atoms with van der Waals surface area (Å²) in [4.78, 5) is 21.2. The van der Waals surface area contributed by atoms with Crippen LogP contribution in [-0.4, -0.2) is 15.9 Å². The molecule has 3 heterocycles. The molecule has 1 amide bonds. The predicted molar refractivity (Wildman–Crippen MR) is 70.9 cm³/mol. The van der Waals surface area contributed by atoms with Gasteiger partial charge in [0, 0.05) is 30.1 Å². The molecule has 0 radical (unpaired) electrons. The van der Waals surface area contributed by atoms with Gasteiger partial charge in [0.2, 0.25) is 5.91 Å². The molecule has 1 spiro atoms. The van der Waals surface area contributed by atoms with Gasteiger partial charge < -0.3 is 5.32 Å². The summed E-state index contributed by atoms with van der Waals surface area (Å²) in [5.41, 5.74) is 3.88. The van der Waals surface area contributed by atoms with Crippen LogP contribution < -0.4 is 5.32 Å². The fourth-order valence-corrected chi connectivity index (χ4v) is 3.24. The highest BCUT2D eigenvalue weighted by Crippen LogP contribution is 2.45. The van der Waals surface area contributed by atoms with E-state index in [0.717, 1.165) is 23.2 Å². The van der Waals surface area contributed by atoms with Gasteiger partial charge >= 0.3 is 0 Å². The van der Waals surface area contributed by atoms with E-state index in [1.165, 1.54) is 5.56 Å². The molecule has 1 aliphatic heterocycles. The molecule has 1 aliphatic carbocycles. The molecule has 2 aliphatic rings. The van der Waals surface area contributed by atoms with E-state index in [1.54, 1.807) is 6.20 Å². The second kappa shape index (κ2) is 3.41. The van der Waals surface area contributed by atoms with Gasteiger partial charge in [-0.3, -0.25) is 9.78 Å². The van der Waals surface area contributed by atoms with Gasteiger partial charge in [-0.15, -0.1) is 0 Å². The molecule has 2 aromatic rings. The van der Waals surface area contributed by atoms with Crippen LogP contribution in [0.4, 0.5) is 5.82 Å². The Morgan fingerprint density at radius 1 is 1.32 bits per heavy atom. The highest BCUT2D eigenvalue weighted by atomic mass is 16.2. The summed E-state index contributed by atoms with van der Waals surface area (Å²) in [6.07, 6.45) is 4.98. The number of nitrogens with zero attached hydrogens (tertiary/aromatic N) is 2. The summed E-state index contributed by atoms with van der Waals surface area (Å²) in [7, 11) is 0. The number of aromatic nitrogens is 2. The summed E-state index contributed by atoms with van der Waals surface area (Å²) >= 11 is 0. The van der Waals surface area contributed by atoms with Gasteiger partial charge in [0.05, 0.1) is 5.41 Å². The summed E-state index contributed by atoms with van der Waals surface area (Å²) in [6.45, 7) is 2.03. The Kier molecular flexibility index (Phi) is 1.91. The van der Waals surface area contributed by atoms with Crippen LogP contribution in [0.3, 0.4) is 0 Å². The van der Waals surface area contributed by atoms with Crippen LogP contribution in [0.2, 0.25) is 0 Å². The Morgan fingerprint density at radius 3 is 3.11 bits per heavy atom. The van der Waals surface area contributed by atoms with Gasteiger partial charge in [-0.05, 0) is 30.5 Å². The van der Waals surface area contributed by atoms with Crippen molar-refractivity contribution in [3.63, 3.8) is 0 Å². The summed E-state index contributed by atoms with van der Waals surface area (Å²) in [6, 6.07) is 6.03. The van der Waals surface area contributed by atoms with E-state index in [-0.39, 0.29) is 5.91 Å². The molecule has 1 N–H and O–H groups in total. The standard InChI is InChI=1S/C15H13N3O/c1-9-5-10-6-15(7-12(10)17-8-9)11-3-2-4-16-13(11)18-14(15)19/h2-5,8H,6-7H2,1H3,(H,16,18,19)/t15-/m0/s1. The lowest BCUT2D eigenvalue weighted by atomic mass is 9.80. The third-order valence-corrected chi connectivity index (χ3v) is 4.15. The van der Waals surface area contributed by atoms with E-state index in [4.69, 9.17) is 0 Å². The van der Waals surface area contributed by atoms with Crippen LogP contribution in [0.25, 0.3) is 0 Å². The zero-order chi connectivity index (χ0) is 13.0. The molecular formula is C15H13N3O. The van der Waals surface area contributed by atoms with Crippen LogP contribution in [0, 0.1) is 6.92 Å². The molecule has 0 saturated carbocycles. The summed E-state index contributed by atoms with van der Waals surface area (Å²) in [5.74, 6) is 0.758. The molecule has 4 nitrogen and oxygen atoms in total. The van der Waals surface area contributed by atoms with Crippen molar-refractivity contribution in [1.82, 2.24) is 9.97 Å². The molecular weight excluding hydrogens is 238 g/mol. The largest absolute Gasteiger partial charge is 0.310 e. The number of amides is 1. The molecule has 1 atom stereocenters. The smallest absolute Gasteiger partial charge is 0.237 e. The number of nitrogens with one attached hydrogen (secondary N) is 1. The highest BCUT2D eigenvalue weighted by Gasteiger charge is 2.51. The van der Waals surface area contributed by atoms with Crippen molar-refractivity contribution in [1.29, 1.82) is 0 Å². The van der Waals surface area contributed by atoms with Crippen LogP contribution in [-0.2, 0) is 23.1 Å². The number of rotatable bonds is 0. The fourth-order valence-electron chi connectivity index (χ4n) is 3.24. The third-order valence-electron chi connectivity index (χ3n) is 4.15. The van der Waals surface area contributed by atoms with Crippen molar-refractivity contribution in [2.75, 3.05) is 5.32 Å². The lowest BCUT2D eigenvalue weighted by molar-refractivity contribution is -0.120. The maximum absolute atomic E-state index is 12.4. The van der Waals surface area contributed by atoms with Crippen molar-refractivity contribution < 1.29 is 4.79 Å². The highest BCUT2D eigenvalue weighted by molar-refractivity contribution is 6.06. The Morgan fingerprint density at radius 2 is 2.21 bits per heavy atom. The van der Waals surface area contributed by atoms with Crippen LogP contribution in [0.1, 0.15) is 22.4 Å². The number of fused-ring (bicyclic) bond motifs is 3. The van der Waals surface area contributed by atoms with Gasteiger partial charge in [0.1, 0.15) is 5.82 Å². The first-order valence-electron chi connectivity index (χ1n) is 6.40. The maximum atomic E-state index is 12.4. The van der Waals surface area contributed by atoms with E-state index in [9.17, 15) is 4.79 Å². The number of carbonyl (C=O) groups is 1. The van der Waals surface area contributed by atoms with Gasteiger partial charge in [0.25, 0.3) is 0 Å². The number of carbonyl (C=O) groups excluding carboxylic acids is 1. The molecule has 0 aromatic carbocycles. The minimum atomic E-state index is -0.493. The van der Waals surface area contributed by atoms with E-state index >= 15 is 0 Å². The lowest BCUT2D eigenvalue weighted by Gasteiger charge is -2.19. The maximum Gasteiger partial charge on any atom is 0.237 e. The Balaban J connectivity index is 1.88. The van der Waals surface area contributed by atoms with E-state index in [2.05, 4.69) is 21.4 Å². The zero-order valence-corrected chi connectivity index (χ0v) is 10.6. The molecule has 0 bridgehead atoms. The molecule has 4 heteroatoms. The first-order chi connectivity index (χ1) is 9.19. The van der Waals surface area contributed by atoms with E-state index < -0.39 is 5.41 Å². The van der Waals surface area contributed by atoms with Crippen LogP contribution in [0.15, 0.2) is 30.6 Å². The number of hydrogen-bond acceptors (Lipinski definition) is 3. The second-order valence-electron chi connectivity index (χ2n) is 5.41. The SMILES string of the molecule is Cc1cnc2c(c1)C[C@@]1(C2)C(=O)Nc2ncccc21. The number of pyridine rings is 2. The Hall–Kier alpha value is -2.23. The number of hydrogen-bond donors (Lipinski definition) is 1. The lowest BCUT2D eigenvalue weighted by Crippen LogP contribution is -2.35. The number of aryl methyl sites for hydroxylation is 1. The van der Waals surface area contributed by atoms with Crippen LogP contribution >= 0.6 is 0 Å². The number of anilines is 1. The van der Waals surface area contributed by atoms with Crippen LogP contribution in [0.5, 0.6) is 0 Å². The quantitative estimate of drug-likeness (QED) is 0.776. The molecule has 94 valence electrons. The fraction of sp³-hybridized carbons (Fsp3) is 0.267. The van der Waals surface area contributed by atoms with Crippen molar-refractivity contribution in [2.45, 2.75) is 25.2 Å². The minimum absolute atomic E-state index is 0.0526. The average molecular weight is 251 g/mol. The summed E-state index contributed by atoms with van der Waals surface area (Å²) < 4.78 is 0. The van der Waals surface area contributed by atoms with E-state index in [1.807, 2.05) is 25.3 Å². The average Bonchev–Trinajstić information content (AvgIpc) is 2.90. The third kappa shape index (κ3) is 1.31. The van der Waals surface area contributed by atoms with Gasteiger partial charge in [0.15, 0.2) is 0 Å². The van der Waals surface area contributed by atoms with Crippen molar-refractivity contribution in [3.8, 4) is 0 Å². The monoisotopic (exact) mass is 251 g/mol.